The molecular formula is C18H22N2O2S. The predicted octanol–water partition coefficient (Wildman–Crippen LogP) is 4.07. The van der Waals surface area contributed by atoms with Crippen LogP contribution in [0, 0.1) is 0 Å². The van der Waals surface area contributed by atoms with E-state index in [2.05, 4.69) is 44.9 Å². The van der Waals surface area contributed by atoms with Crippen molar-refractivity contribution < 1.29 is 9.59 Å². The smallest absolute Gasteiger partial charge is 0.293 e. The van der Waals surface area contributed by atoms with Crippen molar-refractivity contribution in [1.29, 1.82) is 0 Å². The second-order valence-corrected chi connectivity index (χ2v) is 8.03. The molecule has 0 aliphatic carbocycles. The normalized spacial score (nSPS) is 25.3. The molecule has 1 aromatic rings. The highest BCUT2D eigenvalue weighted by Gasteiger charge is 2.34. The number of amides is 2. The summed E-state index contributed by atoms with van der Waals surface area (Å²) >= 11 is 1.00. The number of likely N-dealkylation sites (N-methyl/N-ethyl adjacent to an activating group) is 1. The van der Waals surface area contributed by atoms with Crippen LogP contribution in [0.3, 0.4) is 0 Å². The summed E-state index contributed by atoms with van der Waals surface area (Å²) < 4.78 is 0. The fraction of sp³-hybridized carbons (Fsp3) is 0.444. The van der Waals surface area contributed by atoms with Crippen molar-refractivity contribution in [2.75, 3.05) is 19.0 Å². The van der Waals surface area contributed by atoms with Crippen LogP contribution in [0.1, 0.15) is 44.2 Å². The third-order valence-corrected chi connectivity index (χ3v) is 5.90. The molecular weight excluding hydrogens is 308 g/mol. The first kappa shape index (κ1) is 16.1. The number of hydrogen-bond donors (Lipinski definition) is 0. The zero-order valence-electron chi connectivity index (χ0n) is 14.2. The predicted molar refractivity (Wildman–Crippen MR) is 95.7 cm³/mol. The molecule has 0 spiro atoms. The second-order valence-electron chi connectivity index (χ2n) is 7.04. The Morgan fingerprint density at radius 3 is 2.57 bits per heavy atom. The molecule has 5 heteroatoms. The van der Waals surface area contributed by atoms with E-state index in [0.717, 1.165) is 28.6 Å². The van der Waals surface area contributed by atoms with E-state index < -0.39 is 0 Å². The van der Waals surface area contributed by atoms with Crippen LogP contribution in [-0.2, 0) is 4.79 Å². The Hall–Kier alpha value is -1.75. The second kappa shape index (κ2) is 5.41. The topological polar surface area (TPSA) is 40.6 Å². The Labute approximate surface area is 141 Å². The van der Waals surface area contributed by atoms with Gasteiger partial charge >= 0.3 is 0 Å². The van der Waals surface area contributed by atoms with Gasteiger partial charge in [0.1, 0.15) is 0 Å². The van der Waals surface area contributed by atoms with Gasteiger partial charge in [0.2, 0.25) is 0 Å². The molecule has 23 heavy (non-hydrogen) atoms. The minimum absolute atomic E-state index is 0.138. The Morgan fingerprint density at radius 1 is 1.26 bits per heavy atom. The largest absolute Gasteiger partial charge is 0.369 e. The molecule has 3 rings (SSSR count). The van der Waals surface area contributed by atoms with E-state index in [4.69, 9.17) is 0 Å². The summed E-state index contributed by atoms with van der Waals surface area (Å²) in [5.74, 6) is 0.245. The first-order valence-corrected chi connectivity index (χ1v) is 8.62. The molecule has 1 atom stereocenters. The third kappa shape index (κ3) is 2.67. The lowest BCUT2D eigenvalue weighted by Gasteiger charge is -2.45. The molecule has 122 valence electrons. The summed E-state index contributed by atoms with van der Waals surface area (Å²) in [5.41, 5.74) is 3.66. The monoisotopic (exact) mass is 330 g/mol. The minimum Gasteiger partial charge on any atom is -0.369 e. The van der Waals surface area contributed by atoms with E-state index in [1.807, 2.05) is 12.1 Å². The van der Waals surface area contributed by atoms with Gasteiger partial charge in [-0.05, 0) is 67.3 Å². The van der Waals surface area contributed by atoms with Crippen molar-refractivity contribution in [1.82, 2.24) is 4.90 Å². The first-order valence-electron chi connectivity index (χ1n) is 7.80. The SMILES string of the molecule is CC1CC(C)(C)N(C)c2ccc(/C=C3\SC(=O)N(C)C3=O)cc21. The number of anilines is 1. The Kier molecular flexibility index (Phi) is 3.79. The summed E-state index contributed by atoms with van der Waals surface area (Å²) in [6.07, 6.45) is 2.91. The number of benzene rings is 1. The van der Waals surface area contributed by atoms with Crippen molar-refractivity contribution in [3.63, 3.8) is 0 Å². The summed E-state index contributed by atoms with van der Waals surface area (Å²) in [4.78, 5) is 27.6. The molecule has 0 aromatic heterocycles. The fourth-order valence-electron chi connectivity index (χ4n) is 3.38. The molecule has 1 saturated heterocycles. The Morgan fingerprint density at radius 2 is 1.96 bits per heavy atom. The average molecular weight is 330 g/mol. The number of imide groups is 1. The van der Waals surface area contributed by atoms with Gasteiger partial charge in [0.25, 0.3) is 11.1 Å². The highest BCUT2D eigenvalue weighted by Crippen LogP contribution is 2.43. The summed E-state index contributed by atoms with van der Waals surface area (Å²) in [5, 5.41) is -0.214. The number of thioether (sulfide) groups is 1. The van der Waals surface area contributed by atoms with Gasteiger partial charge in [-0.15, -0.1) is 0 Å². The van der Waals surface area contributed by atoms with Crippen LogP contribution in [0.25, 0.3) is 6.08 Å². The van der Waals surface area contributed by atoms with Crippen LogP contribution in [0.4, 0.5) is 10.5 Å². The molecule has 0 radical (unpaired) electrons. The van der Waals surface area contributed by atoms with E-state index in [0.29, 0.717) is 10.8 Å². The van der Waals surface area contributed by atoms with Crippen molar-refractivity contribution in [2.24, 2.45) is 0 Å². The molecule has 2 amide bonds. The van der Waals surface area contributed by atoms with Gasteiger partial charge in [-0.2, -0.15) is 0 Å². The van der Waals surface area contributed by atoms with Crippen molar-refractivity contribution >= 4 is 34.7 Å². The molecule has 2 heterocycles. The van der Waals surface area contributed by atoms with Crippen molar-refractivity contribution in [3.8, 4) is 0 Å². The van der Waals surface area contributed by atoms with Crippen LogP contribution in [0.5, 0.6) is 0 Å². The number of carbonyl (C=O) groups is 2. The van der Waals surface area contributed by atoms with E-state index in [1.54, 1.807) is 0 Å². The van der Waals surface area contributed by atoms with Crippen LogP contribution < -0.4 is 4.90 Å². The average Bonchev–Trinajstić information content (AvgIpc) is 2.72. The fourth-order valence-corrected chi connectivity index (χ4v) is 4.21. The highest BCUT2D eigenvalue weighted by atomic mass is 32.2. The molecule has 1 aromatic carbocycles. The van der Waals surface area contributed by atoms with Gasteiger partial charge < -0.3 is 4.90 Å². The van der Waals surface area contributed by atoms with E-state index in [1.165, 1.54) is 18.3 Å². The zero-order valence-corrected chi connectivity index (χ0v) is 15.0. The molecule has 1 fully saturated rings. The molecule has 0 N–H and O–H groups in total. The molecule has 4 nitrogen and oxygen atoms in total. The number of nitrogens with zero attached hydrogens (tertiary/aromatic N) is 2. The third-order valence-electron chi connectivity index (χ3n) is 4.94. The van der Waals surface area contributed by atoms with E-state index >= 15 is 0 Å². The van der Waals surface area contributed by atoms with E-state index in [9.17, 15) is 9.59 Å². The first-order chi connectivity index (χ1) is 10.7. The highest BCUT2D eigenvalue weighted by molar-refractivity contribution is 8.18. The van der Waals surface area contributed by atoms with Gasteiger partial charge in [0, 0.05) is 25.3 Å². The number of carbonyl (C=O) groups excluding carboxylic acids is 2. The van der Waals surface area contributed by atoms with Crippen molar-refractivity contribution in [2.45, 2.75) is 38.6 Å². The number of rotatable bonds is 1. The van der Waals surface area contributed by atoms with Gasteiger partial charge in [-0.3, -0.25) is 14.5 Å². The van der Waals surface area contributed by atoms with Gasteiger partial charge in [0.05, 0.1) is 4.91 Å². The van der Waals surface area contributed by atoms with Crippen LogP contribution in [0.2, 0.25) is 0 Å². The lowest BCUT2D eigenvalue weighted by molar-refractivity contribution is -0.121. The molecule has 0 saturated carbocycles. The molecule has 2 aliphatic heterocycles. The number of fused-ring (bicyclic) bond motifs is 1. The van der Waals surface area contributed by atoms with E-state index in [-0.39, 0.29) is 16.7 Å². The maximum atomic E-state index is 12.0. The van der Waals surface area contributed by atoms with Crippen LogP contribution in [0.15, 0.2) is 23.1 Å². The Balaban J connectivity index is 1.98. The van der Waals surface area contributed by atoms with Gasteiger partial charge in [0.15, 0.2) is 0 Å². The molecule has 1 unspecified atom stereocenters. The van der Waals surface area contributed by atoms with Crippen LogP contribution in [-0.4, -0.2) is 35.7 Å². The maximum Gasteiger partial charge on any atom is 0.293 e. The molecule has 0 bridgehead atoms. The van der Waals surface area contributed by atoms with Gasteiger partial charge in [-0.1, -0.05) is 13.0 Å². The van der Waals surface area contributed by atoms with Crippen molar-refractivity contribution in [3.05, 3.63) is 34.2 Å². The maximum absolute atomic E-state index is 12.0. The minimum atomic E-state index is -0.218. The summed E-state index contributed by atoms with van der Waals surface area (Å²) in [6, 6.07) is 6.29. The summed E-state index contributed by atoms with van der Waals surface area (Å²) in [6.45, 7) is 6.77. The van der Waals surface area contributed by atoms with Crippen LogP contribution >= 0.6 is 11.8 Å². The summed E-state index contributed by atoms with van der Waals surface area (Å²) in [7, 11) is 3.65. The quantitative estimate of drug-likeness (QED) is 0.728. The lowest BCUT2D eigenvalue weighted by Crippen LogP contribution is -2.45. The lowest BCUT2D eigenvalue weighted by atomic mass is 9.80. The Bertz CT molecular complexity index is 724. The molecule has 2 aliphatic rings. The number of hydrogen-bond acceptors (Lipinski definition) is 4. The van der Waals surface area contributed by atoms with Gasteiger partial charge in [-0.25, -0.2) is 0 Å². The zero-order chi connectivity index (χ0) is 16.9. The standard InChI is InChI=1S/C18H22N2O2S/c1-11-10-18(2,3)20(5)14-7-6-12(8-13(11)14)9-15-16(21)19(4)17(22)23-15/h6-9,11H,10H2,1-5H3/b15-9-.